The van der Waals surface area contributed by atoms with E-state index in [0.29, 0.717) is 6.54 Å². The number of carboxylic acid groups (broad SMARTS) is 1. The van der Waals surface area contributed by atoms with Crippen molar-refractivity contribution in [3.8, 4) is 0 Å². The Morgan fingerprint density at radius 1 is 1.41 bits per heavy atom. The van der Waals surface area contributed by atoms with Gasteiger partial charge in [-0.3, -0.25) is 0 Å². The van der Waals surface area contributed by atoms with Crippen molar-refractivity contribution in [2.24, 2.45) is 0 Å². The molecular formula is C10H14N2O5. The highest BCUT2D eigenvalue weighted by atomic mass is 16.4. The molecule has 0 fully saturated rings. The summed E-state index contributed by atoms with van der Waals surface area (Å²) in [6, 6.07) is 1.29. The summed E-state index contributed by atoms with van der Waals surface area (Å²) in [5, 5.41) is 22.3. The number of aliphatic hydroxyl groups is 1. The number of hydrogen-bond donors (Lipinski definition) is 4. The van der Waals surface area contributed by atoms with Crippen molar-refractivity contribution in [2.75, 3.05) is 6.54 Å². The second kappa shape index (κ2) is 6.54. The van der Waals surface area contributed by atoms with Gasteiger partial charge in [-0.05, 0) is 6.07 Å². The number of carbonyl (C=O) groups is 2. The van der Waals surface area contributed by atoms with E-state index < -0.39 is 18.1 Å². The van der Waals surface area contributed by atoms with E-state index in [0.717, 1.165) is 5.56 Å². The molecule has 1 unspecified atom stereocenters. The number of urea groups is 1. The molecule has 0 radical (unpaired) electrons. The quantitative estimate of drug-likeness (QED) is 0.557. The van der Waals surface area contributed by atoms with E-state index in [9.17, 15) is 9.59 Å². The summed E-state index contributed by atoms with van der Waals surface area (Å²) in [5.74, 6) is -1.30. The molecule has 17 heavy (non-hydrogen) atoms. The van der Waals surface area contributed by atoms with Crippen LogP contribution in [0.25, 0.3) is 0 Å². The predicted octanol–water partition coefficient (Wildman–Crippen LogP) is -0.0856. The summed E-state index contributed by atoms with van der Waals surface area (Å²) < 4.78 is 4.82. The van der Waals surface area contributed by atoms with E-state index in [-0.39, 0.29) is 13.0 Å². The Morgan fingerprint density at radius 2 is 2.18 bits per heavy atom. The third-order valence-electron chi connectivity index (χ3n) is 2.02. The van der Waals surface area contributed by atoms with Crippen LogP contribution in [0, 0.1) is 0 Å². The van der Waals surface area contributed by atoms with Crippen molar-refractivity contribution >= 4 is 12.0 Å². The Labute approximate surface area is 97.4 Å². The SMILES string of the molecule is O=C(NCCC(O)C(=O)O)NCc1ccoc1. The number of furan rings is 1. The number of amides is 2. The third kappa shape index (κ3) is 5.03. The molecule has 0 aliphatic rings. The minimum absolute atomic E-state index is 0.0333. The number of nitrogens with one attached hydrogen (secondary N) is 2. The molecule has 0 saturated heterocycles. The van der Waals surface area contributed by atoms with E-state index in [4.69, 9.17) is 14.6 Å². The topological polar surface area (TPSA) is 112 Å². The van der Waals surface area contributed by atoms with Gasteiger partial charge in [-0.1, -0.05) is 0 Å². The fourth-order valence-electron chi connectivity index (χ4n) is 1.08. The molecule has 1 aromatic heterocycles. The standard InChI is InChI=1S/C10H14N2O5/c13-8(9(14)15)1-3-11-10(16)12-5-7-2-4-17-6-7/h2,4,6,8,13H,1,3,5H2,(H,14,15)(H2,11,12,16). The van der Waals surface area contributed by atoms with Gasteiger partial charge < -0.3 is 25.3 Å². The summed E-state index contributed by atoms with van der Waals surface area (Å²) in [6.45, 7) is 0.411. The molecule has 0 bridgehead atoms. The fraction of sp³-hybridized carbons (Fsp3) is 0.400. The number of rotatable bonds is 6. The molecule has 0 saturated carbocycles. The Hall–Kier alpha value is -2.02. The van der Waals surface area contributed by atoms with Crippen LogP contribution in [0.15, 0.2) is 23.0 Å². The highest BCUT2D eigenvalue weighted by Gasteiger charge is 2.12. The van der Waals surface area contributed by atoms with Crippen LogP contribution in [-0.2, 0) is 11.3 Å². The molecule has 0 spiro atoms. The van der Waals surface area contributed by atoms with Crippen LogP contribution in [0.3, 0.4) is 0 Å². The lowest BCUT2D eigenvalue weighted by atomic mass is 10.2. The summed E-state index contributed by atoms with van der Waals surface area (Å²) in [5.41, 5.74) is 0.825. The zero-order valence-electron chi connectivity index (χ0n) is 9.05. The second-order valence-corrected chi connectivity index (χ2v) is 3.38. The van der Waals surface area contributed by atoms with Gasteiger partial charge in [-0.2, -0.15) is 0 Å². The molecule has 1 aromatic rings. The van der Waals surface area contributed by atoms with Gasteiger partial charge in [-0.15, -0.1) is 0 Å². The monoisotopic (exact) mass is 242 g/mol. The molecular weight excluding hydrogens is 228 g/mol. The molecule has 4 N–H and O–H groups in total. The maximum absolute atomic E-state index is 11.2. The van der Waals surface area contributed by atoms with Gasteiger partial charge in [0.25, 0.3) is 0 Å². The van der Waals surface area contributed by atoms with Crippen LogP contribution >= 0.6 is 0 Å². The number of aliphatic hydroxyl groups excluding tert-OH is 1. The average Bonchev–Trinajstić information content (AvgIpc) is 2.78. The van der Waals surface area contributed by atoms with Crippen LogP contribution in [0.1, 0.15) is 12.0 Å². The van der Waals surface area contributed by atoms with E-state index in [2.05, 4.69) is 10.6 Å². The van der Waals surface area contributed by atoms with Gasteiger partial charge in [0.2, 0.25) is 0 Å². The maximum atomic E-state index is 11.2. The van der Waals surface area contributed by atoms with Gasteiger partial charge in [0, 0.05) is 25.1 Å². The van der Waals surface area contributed by atoms with Crippen LogP contribution in [0.5, 0.6) is 0 Å². The van der Waals surface area contributed by atoms with Crippen molar-refractivity contribution < 1.29 is 24.2 Å². The first kappa shape index (κ1) is 13.0. The Bertz CT molecular complexity index is 363. The van der Waals surface area contributed by atoms with Gasteiger partial charge in [0.1, 0.15) is 0 Å². The zero-order chi connectivity index (χ0) is 12.7. The Kier molecular flexibility index (Phi) is 5.02. The van der Waals surface area contributed by atoms with Crippen molar-refractivity contribution in [1.82, 2.24) is 10.6 Å². The van der Waals surface area contributed by atoms with Gasteiger partial charge in [0.05, 0.1) is 12.5 Å². The lowest BCUT2D eigenvalue weighted by molar-refractivity contribution is -0.146. The van der Waals surface area contributed by atoms with E-state index in [1.807, 2.05) is 0 Å². The Morgan fingerprint density at radius 3 is 2.76 bits per heavy atom. The normalized spacial score (nSPS) is 11.8. The second-order valence-electron chi connectivity index (χ2n) is 3.38. The average molecular weight is 242 g/mol. The lowest BCUT2D eigenvalue weighted by Crippen LogP contribution is -2.37. The lowest BCUT2D eigenvalue weighted by Gasteiger charge is -2.08. The van der Waals surface area contributed by atoms with Crippen LogP contribution in [-0.4, -0.2) is 34.9 Å². The molecule has 2 amide bonds. The predicted molar refractivity (Wildman–Crippen MR) is 57.2 cm³/mol. The van der Waals surface area contributed by atoms with Crippen LogP contribution in [0.4, 0.5) is 4.79 Å². The van der Waals surface area contributed by atoms with Gasteiger partial charge in [-0.25, -0.2) is 9.59 Å². The molecule has 0 aliphatic heterocycles. The molecule has 1 heterocycles. The molecule has 7 heteroatoms. The fourth-order valence-corrected chi connectivity index (χ4v) is 1.08. The van der Waals surface area contributed by atoms with Crippen molar-refractivity contribution in [2.45, 2.75) is 19.1 Å². The smallest absolute Gasteiger partial charge is 0.332 e. The first-order valence-corrected chi connectivity index (χ1v) is 5.03. The maximum Gasteiger partial charge on any atom is 0.332 e. The van der Waals surface area contributed by atoms with Crippen LogP contribution in [0.2, 0.25) is 0 Å². The summed E-state index contributed by atoms with van der Waals surface area (Å²) in [6.07, 6.45) is 1.52. The summed E-state index contributed by atoms with van der Waals surface area (Å²) in [4.78, 5) is 21.5. The molecule has 94 valence electrons. The molecule has 1 rings (SSSR count). The van der Waals surface area contributed by atoms with Gasteiger partial charge in [0.15, 0.2) is 6.10 Å². The van der Waals surface area contributed by atoms with Crippen molar-refractivity contribution in [3.63, 3.8) is 0 Å². The molecule has 0 aliphatic carbocycles. The minimum atomic E-state index is -1.45. The third-order valence-corrected chi connectivity index (χ3v) is 2.02. The van der Waals surface area contributed by atoms with E-state index >= 15 is 0 Å². The number of carboxylic acids is 1. The first-order valence-electron chi connectivity index (χ1n) is 5.03. The summed E-state index contributed by atoms with van der Waals surface area (Å²) >= 11 is 0. The first-order chi connectivity index (χ1) is 8.09. The number of carbonyl (C=O) groups excluding carboxylic acids is 1. The number of hydrogen-bond acceptors (Lipinski definition) is 4. The number of aliphatic carboxylic acids is 1. The van der Waals surface area contributed by atoms with Crippen molar-refractivity contribution in [1.29, 1.82) is 0 Å². The summed E-state index contributed by atoms with van der Waals surface area (Å²) in [7, 11) is 0. The van der Waals surface area contributed by atoms with Crippen molar-refractivity contribution in [3.05, 3.63) is 24.2 Å². The highest BCUT2D eigenvalue weighted by molar-refractivity contribution is 5.74. The molecule has 7 nitrogen and oxygen atoms in total. The zero-order valence-corrected chi connectivity index (χ0v) is 9.05. The Balaban J connectivity index is 2.11. The molecule has 0 aromatic carbocycles. The van der Waals surface area contributed by atoms with Gasteiger partial charge >= 0.3 is 12.0 Å². The van der Waals surface area contributed by atoms with E-state index in [1.54, 1.807) is 6.07 Å². The van der Waals surface area contributed by atoms with Crippen LogP contribution < -0.4 is 10.6 Å². The largest absolute Gasteiger partial charge is 0.479 e. The molecule has 1 atom stereocenters. The minimum Gasteiger partial charge on any atom is -0.479 e. The highest BCUT2D eigenvalue weighted by Crippen LogP contribution is 1.98. The van der Waals surface area contributed by atoms with E-state index in [1.165, 1.54) is 12.5 Å².